The minimum absolute atomic E-state index is 0.504. The van der Waals surface area contributed by atoms with E-state index in [1.807, 2.05) is 50.2 Å². The summed E-state index contributed by atoms with van der Waals surface area (Å²) in [6.45, 7) is 5.98. The summed E-state index contributed by atoms with van der Waals surface area (Å²) < 4.78 is 1.76. The van der Waals surface area contributed by atoms with Crippen molar-refractivity contribution < 1.29 is 0 Å². The zero-order chi connectivity index (χ0) is 19.7. The summed E-state index contributed by atoms with van der Waals surface area (Å²) in [6, 6.07) is 15.5. The van der Waals surface area contributed by atoms with E-state index in [9.17, 15) is 0 Å². The van der Waals surface area contributed by atoms with Crippen LogP contribution in [-0.2, 0) is 0 Å². The van der Waals surface area contributed by atoms with Crippen molar-refractivity contribution in [3.05, 3.63) is 76.1 Å². The number of halogens is 1. The minimum atomic E-state index is 0.504. The Hall–Kier alpha value is -3.25. The monoisotopic (exact) mass is 390 g/mol. The Balaban J connectivity index is 1.76. The second-order valence-corrected chi connectivity index (χ2v) is 7.08. The number of hydrogen-bond acceptors (Lipinski definition) is 5. The van der Waals surface area contributed by atoms with Crippen molar-refractivity contribution in [2.24, 2.45) is 5.10 Å². The van der Waals surface area contributed by atoms with Gasteiger partial charge < -0.3 is 0 Å². The van der Waals surface area contributed by atoms with E-state index in [1.165, 1.54) is 5.56 Å². The lowest BCUT2D eigenvalue weighted by molar-refractivity contribution is 0.806. The maximum atomic E-state index is 6.12. The number of fused-ring (bicyclic) bond motifs is 1. The number of benzene rings is 2. The third kappa shape index (κ3) is 3.73. The number of rotatable bonds is 4. The number of aryl methyl sites for hydroxylation is 3. The molecule has 4 rings (SSSR count). The highest BCUT2D eigenvalue weighted by atomic mass is 35.5. The summed E-state index contributed by atoms with van der Waals surface area (Å²) >= 11 is 6.12. The van der Waals surface area contributed by atoms with E-state index in [-0.39, 0.29) is 0 Å². The quantitative estimate of drug-likeness (QED) is 0.400. The van der Waals surface area contributed by atoms with Crippen LogP contribution in [0.15, 0.2) is 53.6 Å². The zero-order valence-corrected chi connectivity index (χ0v) is 16.6. The molecule has 2 aromatic carbocycles. The number of nitrogens with one attached hydrogen (secondary N) is 1. The summed E-state index contributed by atoms with van der Waals surface area (Å²) in [5.74, 6) is 1.09. The topological polar surface area (TPSA) is 68.0 Å². The van der Waals surface area contributed by atoms with Crippen LogP contribution in [-0.4, -0.2) is 26.0 Å². The molecule has 7 heteroatoms. The molecule has 28 heavy (non-hydrogen) atoms. The summed E-state index contributed by atoms with van der Waals surface area (Å²) in [4.78, 5) is 9.42. The van der Waals surface area contributed by atoms with Crippen LogP contribution >= 0.6 is 11.6 Å². The fraction of sp³-hybridized carbons (Fsp3) is 0.143. The molecule has 1 N–H and O–H groups in total. The molecule has 4 aromatic rings. The third-order valence-electron chi connectivity index (χ3n) is 4.28. The Morgan fingerprint density at radius 2 is 1.75 bits per heavy atom. The first-order valence-electron chi connectivity index (χ1n) is 8.86. The highest BCUT2D eigenvalue weighted by Gasteiger charge is 2.14. The van der Waals surface area contributed by atoms with Gasteiger partial charge in [-0.05, 0) is 50.6 Å². The van der Waals surface area contributed by atoms with E-state index in [4.69, 9.17) is 16.6 Å². The molecule has 0 atom stereocenters. The van der Waals surface area contributed by atoms with E-state index in [2.05, 4.69) is 27.5 Å². The SMILES string of the molecule is Cc1ccc(/C=N/Nc2nc3cc(Cl)ccc3nc2-n2nc(C)cc2C)cc1. The van der Waals surface area contributed by atoms with Gasteiger partial charge in [-0.15, -0.1) is 0 Å². The van der Waals surface area contributed by atoms with Crippen LogP contribution in [0.2, 0.25) is 5.02 Å². The van der Waals surface area contributed by atoms with Crippen molar-refractivity contribution >= 4 is 34.7 Å². The van der Waals surface area contributed by atoms with E-state index in [0.29, 0.717) is 22.2 Å². The first kappa shape index (κ1) is 18.1. The molecule has 0 saturated carbocycles. The maximum absolute atomic E-state index is 6.12. The first-order chi connectivity index (χ1) is 13.5. The molecule has 0 aliphatic heterocycles. The Morgan fingerprint density at radius 3 is 2.46 bits per heavy atom. The molecule has 0 bridgehead atoms. The summed E-state index contributed by atoms with van der Waals surface area (Å²) in [5.41, 5.74) is 8.50. The van der Waals surface area contributed by atoms with Crippen LogP contribution in [0.25, 0.3) is 16.9 Å². The lowest BCUT2D eigenvalue weighted by Gasteiger charge is -2.10. The van der Waals surface area contributed by atoms with E-state index < -0.39 is 0 Å². The van der Waals surface area contributed by atoms with Crippen LogP contribution in [0.4, 0.5) is 5.82 Å². The van der Waals surface area contributed by atoms with E-state index >= 15 is 0 Å². The van der Waals surface area contributed by atoms with Gasteiger partial charge in [0, 0.05) is 10.7 Å². The Bertz CT molecular complexity index is 1180. The van der Waals surface area contributed by atoms with Crippen molar-refractivity contribution in [1.82, 2.24) is 19.7 Å². The van der Waals surface area contributed by atoms with Crippen molar-refractivity contribution in [3.63, 3.8) is 0 Å². The van der Waals surface area contributed by atoms with Gasteiger partial charge in [-0.25, -0.2) is 14.6 Å². The average molecular weight is 391 g/mol. The molecule has 0 saturated heterocycles. The van der Waals surface area contributed by atoms with Crippen LogP contribution < -0.4 is 5.43 Å². The van der Waals surface area contributed by atoms with Crippen LogP contribution in [0.3, 0.4) is 0 Å². The summed E-state index contributed by atoms with van der Waals surface area (Å²) in [5, 5.41) is 9.49. The molecule has 6 nitrogen and oxygen atoms in total. The van der Waals surface area contributed by atoms with Crippen molar-refractivity contribution in [2.45, 2.75) is 20.8 Å². The molecule has 0 spiro atoms. The summed E-state index contributed by atoms with van der Waals surface area (Å²) in [6.07, 6.45) is 1.74. The average Bonchev–Trinajstić information content (AvgIpc) is 3.00. The predicted molar refractivity (Wildman–Crippen MR) is 114 cm³/mol. The molecule has 0 aliphatic rings. The molecule has 140 valence electrons. The molecular formula is C21H19ClN6. The van der Waals surface area contributed by atoms with Gasteiger partial charge in [-0.2, -0.15) is 10.2 Å². The molecule has 2 heterocycles. The molecule has 0 radical (unpaired) electrons. The van der Waals surface area contributed by atoms with Gasteiger partial charge >= 0.3 is 0 Å². The Labute approximate surface area is 167 Å². The number of anilines is 1. The normalized spacial score (nSPS) is 11.4. The molecule has 0 amide bonds. The smallest absolute Gasteiger partial charge is 0.199 e. The van der Waals surface area contributed by atoms with E-state index in [0.717, 1.165) is 22.5 Å². The van der Waals surface area contributed by atoms with E-state index in [1.54, 1.807) is 23.0 Å². The molecule has 0 unspecified atom stereocenters. The predicted octanol–water partition coefficient (Wildman–Crippen LogP) is 4.84. The fourth-order valence-electron chi connectivity index (χ4n) is 2.90. The minimum Gasteiger partial charge on any atom is -0.258 e. The Kier molecular flexibility index (Phi) is 4.79. The number of aromatic nitrogens is 4. The van der Waals surface area contributed by atoms with Gasteiger partial charge in [0.15, 0.2) is 11.6 Å². The first-order valence-corrected chi connectivity index (χ1v) is 9.24. The van der Waals surface area contributed by atoms with Gasteiger partial charge in [-0.3, -0.25) is 5.43 Å². The van der Waals surface area contributed by atoms with Crippen molar-refractivity contribution in [3.8, 4) is 5.82 Å². The lowest BCUT2D eigenvalue weighted by Crippen LogP contribution is -2.08. The van der Waals surface area contributed by atoms with Crippen molar-refractivity contribution in [1.29, 1.82) is 0 Å². The van der Waals surface area contributed by atoms with Gasteiger partial charge in [-0.1, -0.05) is 41.4 Å². The van der Waals surface area contributed by atoms with Gasteiger partial charge in [0.05, 0.1) is 22.9 Å². The highest BCUT2D eigenvalue weighted by molar-refractivity contribution is 6.31. The fourth-order valence-corrected chi connectivity index (χ4v) is 3.07. The second-order valence-electron chi connectivity index (χ2n) is 6.65. The summed E-state index contributed by atoms with van der Waals surface area (Å²) in [7, 11) is 0. The number of hydrogen-bond donors (Lipinski definition) is 1. The Morgan fingerprint density at radius 1 is 0.964 bits per heavy atom. The van der Waals surface area contributed by atoms with Crippen LogP contribution in [0.1, 0.15) is 22.5 Å². The van der Waals surface area contributed by atoms with Crippen LogP contribution in [0.5, 0.6) is 0 Å². The van der Waals surface area contributed by atoms with Gasteiger partial charge in [0.1, 0.15) is 0 Å². The third-order valence-corrected chi connectivity index (χ3v) is 4.51. The zero-order valence-electron chi connectivity index (χ0n) is 15.8. The maximum Gasteiger partial charge on any atom is 0.199 e. The molecule has 2 aromatic heterocycles. The number of nitrogens with zero attached hydrogens (tertiary/aromatic N) is 5. The largest absolute Gasteiger partial charge is 0.258 e. The standard InChI is InChI=1S/C21H19ClN6/c1-13-4-6-16(7-5-13)12-23-26-20-21(28-15(3)10-14(2)27-28)25-18-9-8-17(22)11-19(18)24-20/h4-12H,1-3H3,(H,24,26)/b23-12+. The van der Waals surface area contributed by atoms with Crippen molar-refractivity contribution in [2.75, 3.05) is 5.43 Å². The van der Waals surface area contributed by atoms with Gasteiger partial charge in [0.2, 0.25) is 0 Å². The number of hydrazone groups is 1. The molecular weight excluding hydrogens is 372 g/mol. The highest BCUT2D eigenvalue weighted by Crippen LogP contribution is 2.24. The molecule has 0 fully saturated rings. The lowest BCUT2D eigenvalue weighted by atomic mass is 10.2. The van der Waals surface area contributed by atoms with Gasteiger partial charge in [0.25, 0.3) is 0 Å². The second kappa shape index (κ2) is 7.40. The van der Waals surface area contributed by atoms with Crippen LogP contribution in [0, 0.1) is 20.8 Å². The molecule has 0 aliphatic carbocycles.